The summed E-state index contributed by atoms with van der Waals surface area (Å²) < 4.78 is 4.81. The van der Waals surface area contributed by atoms with Crippen molar-refractivity contribution >= 4 is 17.6 Å². The lowest BCUT2D eigenvalue weighted by atomic mass is 9.98. The van der Waals surface area contributed by atoms with Crippen LogP contribution in [0.15, 0.2) is 18.2 Å². The highest BCUT2D eigenvalue weighted by Gasteiger charge is 2.26. The van der Waals surface area contributed by atoms with E-state index in [2.05, 4.69) is 9.88 Å². The van der Waals surface area contributed by atoms with Gasteiger partial charge in [-0.15, -0.1) is 0 Å². The molecule has 0 spiro atoms. The Kier molecular flexibility index (Phi) is 4.55. The molecule has 18 heavy (non-hydrogen) atoms. The summed E-state index contributed by atoms with van der Waals surface area (Å²) in [6.45, 7) is 2.45. The summed E-state index contributed by atoms with van der Waals surface area (Å²) in [7, 11) is 1.44. The predicted octanol–water partition coefficient (Wildman–Crippen LogP) is 2.12. The summed E-state index contributed by atoms with van der Waals surface area (Å²) in [5.41, 5.74) is 0.938. The molecule has 2 heterocycles. The minimum Gasteiger partial charge on any atom is -0.469 e. The fourth-order valence-electron chi connectivity index (χ4n) is 2.33. The first kappa shape index (κ1) is 13.3. The van der Waals surface area contributed by atoms with Gasteiger partial charge in [-0.05, 0) is 31.5 Å². The van der Waals surface area contributed by atoms with Gasteiger partial charge in [0.05, 0.1) is 18.7 Å². The van der Waals surface area contributed by atoms with Crippen LogP contribution in [-0.4, -0.2) is 36.1 Å². The van der Waals surface area contributed by atoms with Crippen molar-refractivity contribution in [3.05, 3.63) is 29.0 Å². The Labute approximate surface area is 112 Å². The quantitative estimate of drug-likeness (QED) is 0.622. The van der Waals surface area contributed by atoms with E-state index in [0.29, 0.717) is 5.15 Å². The standard InChI is InChI=1S/C13H17ClN2O2/c1-18-13(17)10-4-3-7-16(8-10)9-11-5-2-6-12(14)15-11/h2,5-6,10H,3-4,7-9H2,1H3. The van der Waals surface area contributed by atoms with Crippen LogP contribution in [0, 0.1) is 5.92 Å². The van der Waals surface area contributed by atoms with Crippen LogP contribution in [0.3, 0.4) is 0 Å². The number of nitrogens with zero attached hydrogens (tertiary/aromatic N) is 2. The molecule has 1 aromatic heterocycles. The maximum absolute atomic E-state index is 11.5. The van der Waals surface area contributed by atoms with E-state index in [1.807, 2.05) is 12.1 Å². The van der Waals surface area contributed by atoms with Crippen LogP contribution >= 0.6 is 11.6 Å². The molecule has 5 heteroatoms. The molecule has 0 saturated carbocycles. The van der Waals surface area contributed by atoms with Crippen LogP contribution in [0.4, 0.5) is 0 Å². The summed E-state index contributed by atoms with van der Waals surface area (Å²) in [6.07, 6.45) is 1.92. The van der Waals surface area contributed by atoms with Gasteiger partial charge >= 0.3 is 5.97 Å². The average Bonchev–Trinajstić information content (AvgIpc) is 2.38. The number of rotatable bonds is 3. The molecule has 2 rings (SSSR count). The number of esters is 1. The molecule has 0 aromatic carbocycles. The van der Waals surface area contributed by atoms with Gasteiger partial charge in [0.15, 0.2) is 0 Å². The average molecular weight is 269 g/mol. The van der Waals surface area contributed by atoms with Crippen LogP contribution < -0.4 is 0 Å². The third-order valence-corrected chi connectivity index (χ3v) is 3.41. The highest BCUT2D eigenvalue weighted by molar-refractivity contribution is 6.29. The molecule has 0 N–H and O–H groups in total. The van der Waals surface area contributed by atoms with E-state index >= 15 is 0 Å². The number of ether oxygens (including phenoxy) is 1. The Balaban J connectivity index is 1.95. The normalized spacial score (nSPS) is 20.7. The highest BCUT2D eigenvalue weighted by atomic mass is 35.5. The molecule has 4 nitrogen and oxygen atoms in total. The highest BCUT2D eigenvalue weighted by Crippen LogP contribution is 2.19. The Hall–Kier alpha value is -1.13. The van der Waals surface area contributed by atoms with Crippen molar-refractivity contribution in [2.75, 3.05) is 20.2 Å². The molecular formula is C13H17ClN2O2. The fourth-order valence-corrected chi connectivity index (χ4v) is 2.51. The summed E-state index contributed by atoms with van der Waals surface area (Å²) >= 11 is 5.86. The van der Waals surface area contributed by atoms with Crippen molar-refractivity contribution in [1.82, 2.24) is 9.88 Å². The number of pyridine rings is 1. The minimum absolute atomic E-state index is 0.0112. The zero-order chi connectivity index (χ0) is 13.0. The molecule has 1 aliphatic rings. The Morgan fingerprint density at radius 1 is 1.61 bits per heavy atom. The molecular weight excluding hydrogens is 252 g/mol. The van der Waals surface area contributed by atoms with E-state index in [-0.39, 0.29) is 11.9 Å². The Morgan fingerprint density at radius 2 is 2.44 bits per heavy atom. The van der Waals surface area contributed by atoms with Crippen molar-refractivity contribution in [2.45, 2.75) is 19.4 Å². The molecule has 0 aliphatic carbocycles. The number of aromatic nitrogens is 1. The van der Waals surface area contributed by atoms with E-state index in [9.17, 15) is 4.79 Å². The Bertz CT molecular complexity index is 425. The van der Waals surface area contributed by atoms with Crippen LogP contribution in [0.2, 0.25) is 5.15 Å². The second kappa shape index (κ2) is 6.16. The van der Waals surface area contributed by atoms with Crippen molar-refractivity contribution in [2.24, 2.45) is 5.92 Å². The van der Waals surface area contributed by atoms with Gasteiger partial charge < -0.3 is 4.74 Å². The van der Waals surface area contributed by atoms with Gasteiger partial charge in [-0.2, -0.15) is 0 Å². The SMILES string of the molecule is COC(=O)C1CCCN(Cc2cccc(Cl)n2)C1. The zero-order valence-electron chi connectivity index (χ0n) is 10.4. The van der Waals surface area contributed by atoms with Crippen LogP contribution in [0.25, 0.3) is 0 Å². The number of methoxy groups -OCH3 is 1. The van der Waals surface area contributed by atoms with E-state index < -0.39 is 0 Å². The van der Waals surface area contributed by atoms with Gasteiger partial charge in [0.1, 0.15) is 5.15 Å². The molecule has 0 radical (unpaired) electrons. The van der Waals surface area contributed by atoms with Crippen molar-refractivity contribution in [1.29, 1.82) is 0 Å². The molecule has 0 bridgehead atoms. The van der Waals surface area contributed by atoms with Crippen LogP contribution in [-0.2, 0) is 16.1 Å². The fraction of sp³-hybridized carbons (Fsp3) is 0.538. The number of hydrogen-bond acceptors (Lipinski definition) is 4. The molecule has 1 saturated heterocycles. The lowest BCUT2D eigenvalue weighted by molar-refractivity contribution is -0.147. The number of carbonyl (C=O) groups excluding carboxylic acids is 1. The maximum atomic E-state index is 11.5. The van der Waals surface area contributed by atoms with E-state index in [1.165, 1.54) is 7.11 Å². The van der Waals surface area contributed by atoms with Crippen molar-refractivity contribution in [3.8, 4) is 0 Å². The molecule has 98 valence electrons. The Morgan fingerprint density at radius 3 is 3.17 bits per heavy atom. The molecule has 1 aromatic rings. The lowest BCUT2D eigenvalue weighted by Crippen LogP contribution is -2.38. The molecule has 1 unspecified atom stereocenters. The number of hydrogen-bond donors (Lipinski definition) is 0. The number of carbonyl (C=O) groups is 1. The van der Waals surface area contributed by atoms with Crippen molar-refractivity contribution < 1.29 is 9.53 Å². The van der Waals surface area contributed by atoms with Gasteiger partial charge in [0, 0.05) is 13.1 Å². The maximum Gasteiger partial charge on any atom is 0.309 e. The summed E-state index contributed by atoms with van der Waals surface area (Å²) in [4.78, 5) is 18.0. The summed E-state index contributed by atoms with van der Waals surface area (Å²) in [5, 5.41) is 0.508. The van der Waals surface area contributed by atoms with Gasteiger partial charge in [0.2, 0.25) is 0 Å². The first-order valence-corrected chi connectivity index (χ1v) is 6.48. The van der Waals surface area contributed by atoms with Gasteiger partial charge in [0.25, 0.3) is 0 Å². The number of likely N-dealkylation sites (tertiary alicyclic amines) is 1. The van der Waals surface area contributed by atoms with E-state index in [0.717, 1.165) is 38.2 Å². The monoisotopic (exact) mass is 268 g/mol. The van der Waals surface area contributed by atoms with Gasteiger partial charge in [-0.25, -0.2) is 4.98 Å². The van der Waals surface area contributed by atoms with Crippen LogP contribution in [0.5, 0.6) is 0 Å². The van der Waals surface area contributed by atoms with Crippen LogP contribution in [0.1, 0.15) is 18.5 Å². The molecule has 1 atom stereocenters. The minimum atomic E-state index is -0.112. The second-order valence-electron chi connectivity index (χ2n) is 4.55. The van der Waals surface area contributed by atoms with Gasteiger partial charge in [-0.3, -0.25) is 9.69 Å². The number of piperidine rings is 1. The molecule has 0 amide bonds. The molecule has 1 fully saturated rings. The van der Waals surface area contributed by atoms with Gasteiger partial charge in [-0.1, -0.05) is 17.7 Å². The third kappa shape index (κ3) is 3.43. The van der Waals surface area contributed by atoms with E-state index in [1.54, 1.807) is 6.07 Å². The second-order valence-corrected chi connectivity index (χ2v) is 4.94. The summed E-state index contributed by atoms with van der Waals surface area (Å²) in [6, 6.07) is 5.61. The number of halogens is 1. The predicted molar refractivity (Wildman–Crippen MR) is 69.3 cm³/mol. The first-order valence-electron chi connectivity index (χ1n) is 6.10. The zero-order valence-corrected chi connectivity index (χ0v) is 11.2. The molecule has 1 aliphatic heterocycles. The lowest BCUT2D eigenvalue weighted by Gasteiger charge is -2.30. The smallest absolute Gasteiger partial charge is 0.309 e. The largest absolute Gasteiger partial charge is 0.469 e. The van der Waals surface area contributed by atoms with E-state index in [4.69, 9.17) is 16.3 Å². The third-order valence-electron chi connectivity index (χ3n) is 3.20. The summed E-state index contributed by atoms with van der Waals surface area (Å²) in [5.74, 6) is -0.123. The topological polar surface area (TPSA) is 42.4 Å². The van der Waals surface area contributed by atoms with Crippen molar-refractivity contribution in [3.63, 3.8) is 0 Å². The first-order chi connectivity index (χ1) is 8.69.